The fourth-order valence-electron chi connectivity index (χ4n) is 1.83. The van der Waals surface area contributed by atoms with E-state index in [2.05, 4.69) is 4.98 Å². The molecule has 1 saturated carbocycles. The van der Waals surface area contributed by atoms with Crippen molar-refractivity contribution in [2.24, 2.45) is 5.92 Å². The highest BCUT2D eigenvalue weighted by atomic mass is 16.3. The third kappa shape index (κ3) is 1.29. The molecule has 2 atom stereocenters. The Morgan fingerprint density at radius 2 is 2.46 bits per heavy atom. The summed E-state index contributed by atoms with van der Waals surface area (Å²) in [4.78, 5) is 13.7. The Kier molecular flexibility index (Phi) is 1.77. The van der Waals surface area contributed by atoms with Crippen LogP contribution in [0.4, 0.5) is 0 Å². The Bertz CT molecular complexity index is 371. The molecule has 0 bridgehead atoms. The molecule has 1 aliphatic rings. The normalized spacial score (nSPS) is 31.7. The Morgan fingerprint density at radius 3 is 3.00 bits per heavy atom. The number of aromatic nitrogens is 1. The molecule has 0 saturated heterocycles. The van der Waals surface area contributed by atoms with Gasteiger partial charge in [-0.15, -0.1) is 0 Å². The van der Waals surface area contributed by atoms with E-state index in [0.717, 1.165) is 12.8 Å². The van der Waals surface area contributed by atoms with E-state index in [4.69, 9.17) is 0 Å². The first-order valence-corrected chi connectivity index (χ1v) is 4.59. The summed E-state index contributed by atoms with van der Waals surface area (Å²) in [7, 11) is 0. The van der Waals surface area contributed by atoms with E-state index in [0.29, 0.717) is 11.6 Å². The summed E-state index contributed by atoms with van der Waals surface area (Å²) in [6.45, 7) is 2.05. The molecule has 1 aromatic heterocycles. The quantitative estimate of drug-likeness (QED) is 0.711. The van der Waals surface area contributed by atoms with E-state index in [9.17, 15) is 9.90 Å². The third-order valence-electron chi connectivity index (χ3n) is 2.80. The van der Waals surface area contributed by atoms with Gasteiger partial charge >= 0.3 is 0 Å². The molecule has 70 valence electrons. The van der Waals surface area contributed by atoms with Crippen molar-refractivity contribution < 1.29 is 5.11 Å². The van der Waals surface area contributed by atoms with Gasteiger partial charge in [-0.3, -0.25) is 4.79 Å². The maximum atomic E-state index is 11.0. The molecule has 1 aromatic rings. The first-order valence-electron chi connectivity index (χ1n) is 4.59. The molecule has 2 rings (SSSR count). The van der Waals surface area contributed by atoms with Crippen LogP contribution in [0.3, 0.4) is 0 Å². The number of nitrogens with one attached hydrogen (secondary N) is 1. The molecule has 0 aliphatic heterocycles. The van der Waals surface area contributed by atoms with E-state index in [1.54, 1.807) is 12.1 Å². The van der Waals surface area contributed by atoms with Gasteiger partial charge in [-0.25, -0.2) is 0 Å². The van der Waals surface area contributed by atoms with E-state index >= 15 is 0 Å². The van der Waals surface area contributed by atoms with Crippen LogP contribution in [0.25, 0.3) is 0 Å². The number of H-pyrrole nitrogens is 1. The topological polar surface area (TPSA) is 53.1 Å². The molecule has 0 radical (unpaired) electrons. The van der Waals surface area contributed by atoms with Crippen molar-refractivity contribution in [3.05, 3.63) is 34.2 Å². The van der Waals surface area contributed by atoms with Crippen LogP contribution >= 0.6 is 0 Å². The number of hydrogen-bond acceptors (Lipinski definition) is 2. The standard InChI is InChI=1S/C10H13NO2/c1-2-7-6-10(7,13)8-4-3-5-9(12)11-8/h3-5,7,13H,2,6H2,1H3,(H,11,12). The zero-order chi connectivity index (χ0) is 9.47. The number of hydrogen-bond donors (Lipinski definition) is 2. The minimum Gasteiger partial charge on any atom is -0.383 e. The van der Waals surface area contributed by atoms with Crippen molar-refractivity contribution in [3.8, 4) is 0 Å². The van der Waals surface area contributed by atoms with Gasteiger partial charge in [-0.05, 0) is 18.4 Å². The Hall–Kier alpha value is -1.09. The van der Waals surface area contributed by atoms with Crippen LogP contribution in [0.15, 0.2) is 23.0 Å². The molecular weight excluding hydrogens is 166 g/mol. The second kappa shape index (κ2) is 2.70. The van der Waals surface area contributed by atoms with Crippen LogP contribution in [0.2, 0.25) is 0 Å². The van der Waals surface area contributed by atoms with Gasteiger partial charge in [0.15, 0.2) is 0 Å². The molecule has 0 amide bonds. The van der Waals surface area contributed by atoms with Gasteiger partial charge in [0.05, 0.1) is 5.69 Å². The number of aliphatic hydroxyl groups is 1. The average molecular weight is 179 g/mol. The van der Waals surface area contributed by atoms with Gasteiger partial charge in [-0.1, -0.05) is 19.4 Å². The summed E-state index contributed by atoms with van der Waals surface area (Å²) in [6, 6.07) is 4.91. The van der Waals surface area contributed by atoms with E-state index in [1.165, 1.54) is 6.07 Å². The van der Waals surface area contributed by atoms with Gasteiger partial charge in [-0.2, -0.15) is 0 Å². The van der Waals surface area contributed by atoms with Crippen molar-refractivity contribution in [2.45, 2.75) is 25.4 Å². The second-order valence-corrected chi connectivity index (χ2v) is 3.66. The smallest absolute Gasteiger partial charge is 0.248 e. The van der Waals surface area contributed by atoms with Gasteiger partial charge in [0.2, 0.25) is 5.56 Å². The summed E-state index contributed by atoms with van der Waals surface area (Å²) in [5.41, 5.74) is -0.241. The molecule has 0 spiro atoms. The lowest BCUT2D eigenvalue weighted by atomic mass is 10.1. The Labute approximate surface area is 76.4 Å². The summed E-state index contributed by atoms with van der Waals surface area (Å²) >= 11 is 0. The van der Waals surface area contributed by atoms with Crippen molar-refractivity contribution in [1.82, 2.24) is 4.98 Å². The fraction of sp³-hybridized carbons (Fsp3) is 0.500. The molecule has 1 heterocycles. The minimum atomic E-state index is -0.755. The Morgan fingerprint density at radius 1 is 1.69 bits per heavy atom. The summed E-state index contributed by atoms with van der Waals surface area (Å²) in [5, 5.41) is 10.0. The minimum absolute atomic E-state index is 0.146. The molecule has 1 fully saturated rings. The predicted octanol–water partition coefficient (Wildman–Crippen LogP) is 0.992. The summed E-state index contributed by atoms with van der Waals surface area (Å²) < 4.78 is 0. The highest BCUT2D eigenvalue weighted by Gasteiger charge is 2.53. The molecule has 1 aliphatic carbocycles. The lowest BCUT2D eigenvalue weighted by molar-refractivity contribution is 0.125. The van der Waals surface area contributed by atoms with Crippen LogP contribution in [-0.2, 0) is 5.60 Å². The van der Waals surface area contributed by atoms with Gasteiger partial charge < -0.3 is 10.1 Å². The van der Waals surface area contributed by atoms with E-state index in [1.807, 2.05) is 6.92 Å². The molecule has 2 N–H and O–H groups in total. The second-order valence-electron chi connectivity index (χ2n) is 3.66. The van der Waals surface area contributed by atoms with E-state index in [-0.39, 0.29) is 5.56 Å². The van der Waals surface area contributed by atoms with Crippen LogP contribution in [-0.4, -0.2) is 10.1 Å². The van der Waals surface area contributed by atoms with Crippen molar-refractivity contribution in [1.29, 1.82) is 0 Å². The van der Waals surface area contributed by atoms with E-state index < -0.39 is 5.60 Å². The summed E-state index contributed by atoms with van der Waals surface area (Å²) in [6.07, 6.45) is 1.72. The highest BCUT2D eigenvalue weighted by molar-refractivity contribution is 5.22. The number of aromatic amines is 1. The maximum absolute atomic E-state index is 11.0. The first-order chi connectivity index (χ1) is 6.16. The first kappa shape index (κ1) is 8.51. The average Bonchev–Trinajstić information content (AvgIpc) is 2.79. The van der Waals surface area contributed by atoms with Gasteiger partial charge in [0.1, 0.15) is 5.60 Å². The zero-order valence-electron chi connectivity index (χ0n) is 7.58. The molecule has 3 nitrogen and oxygen atoms in total. The lowest BCUT2D eigenvalue weighted by Gasteiger charge is -2.08. The van der Waals surface area contributed by atoms with Gasteiger partial charge in [0, 0.05) is 6.07 Å². The zero-order valence-corrected chi connectivity index (χ0v) is 7.58. The van der Waals surface area contributed by atoms with Crippen molar-refractivity contribution in [2.75, 3.05) is 0 Å². The van der Waals surface area contributed by atoms with Crippen molar-refractivity contribution in [3.63, 3.8) is 0 Å². The molecule has 2 unspecified atom stereocenters. The number of pyridine rings is 1. The molecule has 0 aromatic carbocycles. The maximum Gasteiger partial charge on any atom is 0.248 e. The van der Waals surface area contributed by atoms with Crippen LogP contribution in [0, 0.1) is 5.92 Å². The Balaban J connectivity index is 2.32. The van der Waals surface area contributed by atoms with Crippen LogP contribution in [0.5, 0.6) is 0 Å². The fourth-order valence-corrected chi connectivity index (χ4v) is 1.83. The van der Waals surface area contributed by atoms with Crippen LogP contribution in [0.1, 0.15) is 25.5 Å². The lowest BCUT2D eigenvalue weighted by Crippen LogP contribution is -2.16. The summed E-state index contributed by atoms with van der Waals surface area (Å²) in [5.74, 6) is 0.311. The highest BCUT2D eigenvalue weighted by Crippen LogP contribution is 2.52. The van der Waals surface area contributed by atoms with Gasteiger partial charge in [0.25, 0.3) is 0 Å². The molecular formula is C10H13NO2. The monoisotopic (exact) mass is 179 g/mol. The number of rotatable bonds is 2. The third-order valence-corrected chi connectivity index (χ3v) is 2.80. The van der Waals surface area contributed by atoms with Crippen LogP contribution < -0.4 is 5.56 Å². The molecule has 13 heavy (non-hydrogen) atoms. The predicted molar refractivity (Wildman–Crippen MR) is 49.4 cm³/mol. The van der Waals surface area contributed by atoms with Crippen molar-refractivity contribution >= 4 is 0 Å². The largest absolute Gasteiger partial charge is 0.383 e. The molecule has 3 heteroatoms. The SMILES string of the molecule is CCC1CC1(O)c1cccc(=O)[nH]1.